The Kier molecular flexibility index (Phi) is 8.07. The molecule has 0 radical (unpaired) electrons. The molecule has 1 aliphatic rings. The van der Waals surface area contributed by atoms with Gasteiger partial charge in [-0.1, -0.05) is 71.7 Å². The van der Waals surface area contributed by atoms with Gasteiger partial charge in [0.1, 0.15) is 35.5 Å². The first-order chi connectivity index (χ1) is 19.4. The van der Waals surface area contributed by atoms with E-state index in [2.05, 4.69) is 6.07 Å². The zero-order valence-corrected chi connectivity index (χ0v) is 22.5. The van der Waals surface area contributed by atoms with Crippen LogP contribution in [0.4, 0.5) is 0 Å². The van der Waals surface area contributed by atoms with Crippen LogP contribution >= 0.6 is 23.2 Å². The summed E-state index contributed by atoms with van der Waals surface area (Å²) in [5, 5.41) is 11.1. The van der Waals surface area contributed by atoms with Crippen LogP contribution in [-0.2, 0) is 11.4 Å². The van der Waals surface area contributed by atoms with Crippen molar-refractivity contribution in [2.75, 3.05) is 0 Å². The van der Waals surface area contributed by atoms with Gasteiger partial charge < -0.3 is 19.9 Å². The van der Waals surface area contributed by atoms with Gasteiger partial charge in [-0.2, -0.15) is 5.26 Å². The van der Waals surface area contributed by atoms with Gasteiger partial charge >= 0.3 is 5.97 Å². The molecule has 40 heavy (non-hydrogen) atoms. The lowest BCUT2D eigenvalue weighted by Gasteiger charge is -2.27. The number of hydrogen-bond acceptors (Lipinski definition) is 6. The molecule has 6 nitrogen and oxygen atoms in total. The maximum atomic E-state index is 12.4. The molecular formula is C32H22Cl2N2O4. The molecule has 0 bridgehead atoms. The van der Waals surface area contributed by atoms with Gasteiger partial charge in [0, 0.05) is 27.8 Å². The van der Waals surface area contributed by atoms with Gasteiger partial charge in [-0.25, -0.2) is 4.79 Å². The summed E-state index contributed by atoms with van der Waals surface area (Å²) >= 11 is 12.1. The van der Waals surface area contributed by atoms with Crippen LogP contribution < -0.4 is 19.9 Å². The second-order valence-electron chi connectivity index (χ2n) is 8.89. The van der Waals surface area contributed by atoms with E-state index in [-0.39, 0.29) is 17.2 Å². The van der Waals surface area contributed by atoms with Crippen molar-refractivity contribution in [3.63, 3.8) is 0 Å². The smallest absolute Gasteiger partial charge is 0.336 e. The standard InChI is InChI=1S/C32H22Cl2N2O4/c33-23-11-8-20(9-12-23)19-38-24-6-3-5-22(16-24)31-26-14-13-25(17-29(26)40-32(36)27(31)18-35)39-30(37)15-10-21-4-1-2-7-28(21)34/h1-17,31H,19,36H2/b15-10+. The molecule has 1 aliphatic heterocycles. The third kappa shape index (κ3) is 6.13. The maximum Gasteiger partial charge on any atom is 0.336 e. The van der Waals surface area contributed by atoms with Crippen molar-refractivity contribution in [1.82, 2.24) is 0 Å². The van der Waals surface area contributed by atoms with Crippen LogP contribution in [0.25, 0.3) is 6.08 Å². The Morgan fingerprint density at radius 3 is 2.55 bits per heavy atom. The Bertz CT molecular complexity index is 1670. The number of fused-ring (bicyclic) bond motifs is 1. The first kappa shape index (κ1) is 26.9. The molecule has 4 aromatic rings. The van der Waals surface area contributed by atoms with Crippen molar-refractivity contribution in [2.24, 2.45) is 5.73 Å². The molecule has 0 saturated carbocycles. The predicted molar refractivity (Wildman–Crippen MR) is 154 cm³/mol. The third-order valence-corrected chi connectivity index (χ3v) is 6.82. The SMILES string of the molecule is N#CC1=C(N)Oc2cc(OC(=O)/C=C/c3ccccc3Cl)ccc2C1c1cccc(OCc2ccc(Cl)cc2)c1. The van der Waals surface area contributed by atoms with Gasteiger partial charge in [-0.3, -0.25) is 0 Å². The minimum atomic E-state index is -0.584. The lowest BCUT2D eigenvalue weighted by Crippen LogP contribution is -2.21. The molecule has 0 aromatic heterocycles. The lowest BCUT2D eigenvalue weighted by molar-refractivity contribution is -0.128. The van der Waals surface area contributed by atoms with Crippen LogP contribution in [0.2, 0.25) is 10.0 Å². The fourth-order valence-electron chi connectivity index (χ4n) is 4.29. The zero-order chi connectivity index (χ0) is 28.1. The molecule has 1 atom stereocenters. The number of nitriles is 1. The van der Waals surface area contributed by atoms with E-state index >= 15 is 0 Å². The number of esters is 1. The van der Waals surface area contributed by atoms with Gasteiger partial charge in [0.2, 0.25) is 5.88 Å². The summed E-state index contributed by atoms with van der Waals surface area (Å²) in [5.41, 5.74) is 9.59. The summed E-state index contributed by atoms with van der Waals surface area (Å²) in [6.45, 7) is 0.355. The quantitative estimate of drug-likeness (QED) is 0.142. The highest BCUT2D eigenvalue weighted by Crippen LogP contribution is 2.44. The van der Waals surface area contributed by atoms with Crippen LogP contribution in [-0.4, -0.2) is 5.97 Å². The Labute approximate surface area is 241 Å². The first-order valence-corrected chi connectivity index (χ1v) is 13.0. The predicted octanol–water partition coefficient (Wildman–Crippen LogP) is 7.41. The molecule has 0 amide bonds. The number of rotatable bonds is 7. The molecule has 0 fully saturated rings. The van der Waals surface area contributed by atoms with E-state index in [9.17, 15) is 10.1 Å². The number of allylic oxidation sites excluding steroid dienone is 1. The van der Waals surface area contributed by atoms with E-state index in [0.717, 1.165) is 11.1 Å². The average Bonchev–Trinajstić information content (AvgIpc) is 2.96. The molecule has 0 saturated heterocycles. The van der Waals surface area contributed by atoms with E-state index < -0.39 is 11.9 Å². The lowest BCUT2D eigenvalue weighted by atomic mass is 9.83. The third-order valence-electron chi connectivity index (χ3n) is 6.22. The van der Waals surface area contributed by atoms with Gasteiger partial charge in [-0.05, 0) is 59.2 Å². The van der Waals surface area contributed by atoms with Crippen molar-refractivity contribution in [3.8, 4) is 23.3 Å². The maximum absolute atomic E-state index is 12.4. The minimum Gasteiger partial charge on any atom is -0.489 e. The largest absolute Gasteiger partial charge is 0.489 e. The number of halogens is 2. The van der Waals surface area contributed by atoms with Crippen LogP contribution in [0.3, 0.4) is 0 Å². The number of nitrogens with zero attached hydrogens (tertiary/aromatic N) is 1. The van der Waals surface area contributed by atoms with E-state index in [1.807, 2.05) is 54.6 Å². The molecule has 0 spiro atoms. The molecule has 5 rings (SSSR count). The molecular weight excluding hydrogens is 547 g/mol. The Hall–Kier alpha value is -4.70. The molecule has 4 aromatic carbocycles. The highest BCUT2D eigenvalue weighted by molar-refractivity contribution is 6.32. The molecule has 1 unspecified atom stereocenters. The Morgan fingerprint density at radius 1 is 0.975 bits per heavy atom. The number of carbonyl (C=O) groups excluding carboxylic acids is 1. The van der Waals surface area contributed by atoms with Crippen molar-refractivity contribution >= 4 is 35.2 Å². The number of benzene rings is 4. The highest BCUT2D eigenvalue weighted by Gasteiger charge is 2.31. The summed E-state index contributed by atoms with van der Waals surface area (Å²) in [7, 11) is 0. The summed E-state index contributed by atoms with van der Waals surface area (Å²) in [4.78, 5) is 12.4. The molecule has 8 heteroatoms. The van der Waals surface area contributed by atoms with Gasteiger partial charge in [0.05, 0.1) is 5.92 Å². The van der Waals surface area contributed by atoms with Crippen molar-refractivity contribution < 1.29 is 19.0 Å². The second-order valence-corrected chi connectivity index (χ2v) is 9.73. The van der Waals surface area contributed by atoms with Gasteiger partial charge in [0.25, 0.3) is 0 Å². The van der Waals surface area contributed by atoms with Crippen LogP contribution in [0.5, 0.6) is 17.2 Å². The van der Waals surface area contributed by atoms with Crippen molar-refractivity contribution in [2.45, 2.75) is 12.5 Å². The minimum absolute atomic E-state index is 0.0189. The average molecular weight is 569 g/mol. The number of carbonyl (C=O) groups is 1. The fraction of sp³-hybridized carbons (Fsp3) is 0.0625. The van der Waals surface area contributed by atoms with Crippen molar-refractivity contribution in [1.29, 1.82) is 5.26 Å². The molecule has 2 N–H and O–H groups in total. The van der Waals surface area contributed by atoms with Crippen LogP contribution in [0.15, 0.2) is 109 Å². The van der Waals surface area contributed by atoms with E-state index in [1.54, 1.807) is 42.5 Å². The summed E-state index contributed by atoms with van der Waals surface area (Å²) < 4.78 is 17.2. The van der Waals surface area contributed by atoms with Gasteiger partial charge in [0.15, 0.2) is 0 Å². The fourth-order valence-corrected chi connectivity index (χ4v) is 4.62. The Morgan fingerprint density at radius 2 is 1.77 bits per heavy atom. The topological polar surface area (TPSA) is 94.6 Å². The van der Waals surface area contributed by atoms with E-state index in [1.165, 1.54) is 6.08 Å². The number of nitrogens with two attached hydrogens (primary N) is 1. The zero-order valence-electron chi connectivity index (χ0n) is 21.0. The number of ether oxygens (including phenoxy) is 3. The van der Waals surface area contributed by atoms with E-state index in [4.69, 9.17) is 43.1 Å². The molecule has 198 valence electrons. The molecule has 0 aliphatic carbocycles. The van der Waals surface area contributed by atoms with Crippen LogP contribution in [0, 0.1) is 11.3 Å². The van der Waals surface area contributed by atoms with Gasteiger partial charge in [-0.15, -0.1) is 0 Å². The second kappa shape index (κ2) is 12.0. The highest BCUT2D eigenvalue weighted by atomic mass is 35.5. The first-order valence-electron chi connectivity index (χ1n) is 12.2. The van der Waals surface area contributed by atoms with Crippen LogP contribution in [0.1, 0.15) is 28.2 Å². The monoisotopic (exact) mass is 568 g/mol. The summed E-state index contributed by atoms with van der Waals surface area (Å²) in [5.74, 6) is 0.174. The van der Waals surface area contributed by atoms with Crippen molar-refractivity contribution in [3.05, 3.63) is 141 Å². The normalized spacial score (nSPS) is 14.3. The summed E-state index contributed by atoms with van der Waals surface area (Å²) in [6.07, 6.45) is 2.87. The molecule has 1 heterocycles. The Balaban J connectivity index is 1.37. The number of hydrogen-bond donors (Lipinski definition) is 1. The summed E-state index contributed by atoms with van der Waals surface area (Å²) in [6, 6.07) is 29.2. The van der Waals surface area contributed by atoms with E-state index in [0.29, 0.717) is 39.3 Å².